The Bertz CT molecular complexity index is 499. The van der Waals surface area contributed by atoms with Gasteiger partial charge >= 0.3 is 0 Å². The van der Waals surface area contributed by atoms with Crippen molar-refractivity contribution in [2.75, 3.05) is 13.2 Å². The lowest BCUT2D eigenvalue weighted by molar-refractivity contribution is -0.262. The fraction of sp³-hybridized carbons (Fsp3) is 1.00. The van der Waals surface area contributed by atoms with Gasteiger partial charge in [0, 0.05) is 32.3 Å². The predicted octanol–water partition coefficient (Wildman–Crippen LogP) is 3.27. The highest BCUT2D eigenvalue weighted by atomic mass is 16.9. The minimum absolute atomic E-state index is 0.107. The van der Waals surface area contributed by atoms with Crippen LogP contribution in [0.1, 0.15) is 71.1 Å². The van der Waals surface area contributed by atoms with Crippen molar-refractivity contribution >= 4 is 0 Å². The molecule has 3 heterocycles. The second-order valence-electron chi connectivity index (χ2n) is 8.50. The summed E-state index contributed by atoms with van der Waals surface area (Å²) in [6.45, 7) is 3.22. The first-order chi connectivity index (χ1) is 12.7. The molecule has 0 aromatic rings. The van der Waals surface area contributed by atoms with Crippen LogP contribution in [0, 0.1) is 0 Å². The summed E-state index contributed by atoms with van der Waals surface area (Å²) < 4.78 is 37.7. The largest absolute Gasteiger partial charge is 0.373 e. The summed E-state index contributed by atoms with van der Waals surface area (Å²) in [6, 6.07) is 0. The quantitative estimate of drug-likeness (QED) is 0.762. The van der Waals surface area contributed by atoms with Crippen molar-refractivity contribution in [2.24, 2.45) is 0 Å². The van der Waals surface area contributed by atoms with Crippen LogP contribution in [0.5, 0.6) is 0 Å². The Hall–Kier alpha value is -0.240. The van der Waals surface area contributed by atoms with Crippen LogP contribution >= 0.6 is 0 Å². The summed E-state index contributed by atoms with van der Waals surface area (Å²) in [4.78, 5) is 0. The summed E-state index contributed by atoms with van der Waals surface area (Å²) in [7, 11) is 0. The maximum atomic E-state index is 6.44. The van der Waals surface area contributed by atoms with Crippen molar-refractivity contribution in [1.82, 2.24) is 0 Å². The standard InChI is InChI=1S/C20H32O6/c1-2-21-16-15(14-13-22-19(24-14)9-5-3-6-10-19)23-18-17(16)25-20(26-18)11-7-4-8-12-20/h14-18H,2-13H2,1H3. The molecule has 0 aromatic heterocycles. The third-order valence-electron chi connectivity index (χ3n) is 6.72. The first-order valence-corrected chi connectivity index (χ1v) is 10.7. The Balaban J connectivity index is 1.29. The zero-order valence-electron chi connectivity index (χ0n) is 15.8. The van der Waals surface area contributed by atoms with Crippen molar-refractivity contribution in [2.45, 2.75) is 113 Å². The van der Waals surface area contributed by atoms with E-state index < -0.39 is 11.6 Å². The number of hydrogen-bond donors (Lipinski definition) is 0. The fourth-order valence-electron chi connectivity index (χ4n) is 5.46. The van der Waals surface area contributed by atoms with Crippen LogP contribution < -0.4 is 0 Å². The van der Waals surface area contributed by atoms with Crippen LogP contribution in [0.4, 0.5) is 0 Å². The Morgan fingerprint density at radius 2 is 1.50 bits per heavy atom. The van der Waals surface area contributed by atoms with E-state index in [1.807, 2.05) is 6.92 Å². The summed E-state index contributed by atoms with van der Waals surface area (Å²) in [5, 5.41) is 0. The van der Waals surface area contributed by atoms with Gasteiger partial charge in [-0.3, -0.25) is 0 Å². The highest BCUT2D eigenvalue weighted by Gasteiger charge is 2.61. The molecule has 0 radical (unpaired) electrons. The molecule has 5 atom stereocenters. The first kappa shape index (κ1) is 17.8. The molecule has 2 saturated carbocycles. The van der Waals surface area contributed by atoms with Crippen LogP contribution in [0.2, 0.25) is 0 Å². The van der Waals surface area contributed by atoms with E-state index in [1.54, 1.807) is 0 Å². The molecule has 2 aliphatic carbocycles. The predicted molar refractivity (Wildman–Crippen MR) is 92.5 cm³/mol. The Kier molecular flexibility index (Phi) is 4.78. The molecule has 5 aliphatic rings. The van der Waals surface area contributed by atoms with Crippen molar-refractivity contribution in [3.05, 3.63) is 0 Å². The molecule has 6 nitrogen and oxygen atoms in total. The third-order valence-corrected chi connectivity index (χ3v) is 6.72. The number of hydrogen-bond acceptors (Lipinski definition) is 6. The Morgan fingerprint density at radius 1 is 0.808 bits per heavy atom. The van der Waals surface area contributed by atoms with Gasteiger partial charge in [-0.15, -0.1) is 0 Å². The normalized spacial score (nSPS) is 44.0. The zero-order valence-corrected chi connectivity index (χ0v) is 15.8. The van der Waals surface area contributed by atoms with E-state index in [4.69, 9.17) is 28.4 Å². The molecular weight excluding hydrogens is 336 g/mol. The van der Waals surface area contributed by atoms with Crippen molar-refractivity contribution in [3.8, 4) is 0 Å². The van der Waals surface area contributed by atoms with Gasteiger partial charge in [-0.05, 0) is 32.6 Å². The molecular formula is C20H32O6. The molecule has 2 spiro atoms. The van der Waals surface area contributed by atoms with Crippen LogP contribution in [-0.4, -0.2) is 55.5 Å². The number of ether oxygens (including phenoxy) is 6. The van der Waals surface area contributed by atoms with E-state index in [1.165, 1.54) is 25.7 Å². The fourth-order valence-corrected chi connectivity index (χ4v) is 5.46. The monoisotopic (exact) mass is 368 g/mol. The molecule has 148 valence electrons. The second-order valence-corrected chi connectivity index (χ2v) is 8.50. The van der Waals surface area contributed by atoms with Gasteiger partial charge < -0.3 is 28.4 Å². The van der Waals surface area contributed by atoms with Gasteiger partial charge in [0.15, 0.2) is 17.9 Å². The minimum atomic E-state index is -0.453. The SMILES string of the molecule is CCOC1C(C2COC3(CCCCC3)O2)OC2OC3(CCCCC3)OC21. The summed E-state index contributed by atoms with van der Waals surface area (Å²) >= 11 is 0. The Labute approximate surface area is 155 Å². The average Bonchev–Trinajstić information content (AvgIpc) is 3.30. The number of rotatable bonds is 3. The molecule has 0 bridgehead atoms. The van der Waals surface area contributed by atoms with Gasteiger partial charge in [0.2, 0.25) is 0 Å². The molecule has 3 aliphatic heterocycles. The molecule has 0 amide bonds. The van der Waals surface area contributed by atoms with E-state index in [0.29, 0.717) is 13.2 Å². The smallest absolute Gasteiger partial charge is 0.190 e. The van der Waals surface area contributed by atoms with Crippen molar-refractivity contribution in [1.29, 1.82) is 0 Å². The van der Waals surface area contributed by atoms with Crippen LogP contribution in [0.25, 0.3) is 0 Å². The average molecular weight is 368 g/mol. The van der Waals surface area contributed by atoms with Crippen LogP contribution in [0.15, 0.2) is 0 Å². The molecule has 3 saturated heterocycles. The van der Waals surface area contributed by atoms with E-state index in [9.17, 15) is 0 Å². The third kappa shape index (κ3) is 3.03. The molecule has 6 heteroatoms. The highest BCUT2D eigenvalue weighted by Crippen LogP contribution is 2.48. The van der Waals surface area contributed by atoms with Crippen molar-refractivity contribution in [3.63, 3.8) is 0 Å². The molecule has 0 aromatic carbocycles. The summed E-state index contributed by atoms with van der Waals surface area (Å²) in [5.41, 5.74) is 0. The topological polar surface area (TPSA) is 55.4 Å². The van der Waals surface area contributed by atoms with Crippen LogP contribution in [-0.2, 0) is 28.4 Å². The first-order valence-electron chi connectivity index (χ1n) is 10.7. The van der Waals surface area contributed by atoms with E-state index in [2.05, 4.69) is 0 Å². The van der Waals surface area contributed by atoms with Gasteiger partial charge in [0.05, 0.1) is 6.61 Å². The molecule has 5 unspecified atom stereocenters. The van der Waals surface area contributed by atoms with Gasteiger partial charge in [-0.1, -0.05) is 12.8 Å². The second kappa shape index (κ2) is 6.98. The molecule has 26 heavy (non-hydrogen) atoms. The Morgan fingerprint density at radius 3 is 2.19 bits per heavy atom. The lowest BCUT2D eigenvalue weighted by Gasteiger charge is -2.35. The van der Waals surface area contributed by atoms with Gasteiger partial charge in [0.1, 0.15) is 24.4 Å². The molecule has 5 rings (SSSR count). The maximum Gasteiger partial charge on any atom is 0.190 e. The zero-order chi connectivity index (χ0) is 17.6. The lowest BCUT2D eigenvalue weighted by atomic mass is 9.94. The number of fused-ring (bicyclic) bond motifs is 1. The van der Waals surface area contributed by atoms with Gasteiger partial charge in [-0.2, -0.15) is 0 Å². The van der Waals surface area contributed by atoms with E-state index >= 15 is 0 Å². The van der Waals surface area contributed by atoms with Crippen LogP contribution in [0.3, 0.4) is 0 Å². The summed E-state index contributed by atoms with van der Waals surface area (Å²) in [5.74, 6) is -0.849. The van der Waals surface area contributed by atoms with E-state index in [0.717, 1.165) is 38.5 Å². The minimum Gasteiger partial charge on any atom is -0.373 e. The lowest BCUT2D eigenvalue weighted by Crippen LogP contribution is -2.45. The van der Waals surface area contributed by atoms with E-state index in [-0.39, 0.29) is 30.7 Å². The van der Waals surface area contributed by atoms with Crippen molar-refractivity contribution < 1.29 is 28.4 Å². The van der Waals surface area contributed by atoms with Gasteiger partial charge in [0.25, 0.3) is 0 Å². The molecule has 5 fully saturated rings. The highest BCUT2D eigenvalue weighted by molar-refractivity contribution is 5.01. The van der Waals surface area contributed by atoms with Gasteiger partial charge in [-0.25, -0.2) is 0 Å². The maximum absolute atomic E-state index is 6.44. The summed E-state index contributed by atoms with van der Waals surface area (Å²) in [6.07, 6.45) is 10.1. The molecule has 0 N–H and O–H groups in total.